The van der Waals surface area contributed by atoms with E-state index in [2.05, 4.69) is 51.0 Å². The quantitative estimate of drug-likeness (QED) is 0.544. The third-order valence-corrected chi connectivity index (χ3v) is 13.6. The molecule has 1 saturated heterocycles. The molecule has 0 atom stereocenters. The van der Waals surface area contributed by atoms with Gasteiger partial charge in [0.05, 0.1) is 0 Å². The van der Waals surface area contributed by atoms with Crippen LogP contribution in [0.5, 0.6) is 0 Å². The van der Waals surface area contributed by atoms with Gasteiger partial charge in [-0.2, -0.15) is 6.42 Å². The van der Waals surface area contributed by atoms with Gasteiger partial charge in [0, 0.05) is 0 Å². The molecule has 0 saturated carbocycles. The molecule has 0 aliphatic carbocycles. The molecule has 0 spiro atoms. The molecule has 0 N–H and O–H groups in total. The maximum atomic E-state index is 3.98. The molecule has 0 unspecified atom stereocenters. The Morgan fingerprint density at radius 3 is 1.79 bits per heavy atom. The van der Waals surface area contributed by atoms with Gasteiger partial charge in [-0.15, -0.1) is 0 Å². The topological polar surface area (TPSA) is 3.24 Å². The number of hydrogen-bond acceptors (Lipinski definition) is 1. The molecule has 0 aromatic rings. The molecule has 0 aromatic heterocycles. The first-order valence-corrected chi connectivity index (χ1v) is 18.5. The zero-order chi connectivity index (χ0) is 11.4. The fourth-order valence-corrected chi connectivity index (χ4v) is 16.7. The Hall–Kier alpha value is 1.50. The van der Waals surface area contributed by atoms with Crippen LogP contribution < -0.4 is 0 Å². The van der Waals surface area contributed by atoms with Crippen LogP contribution in [0.1, 0.15) is 6.42 Å². The van der Waals surface area contributed by atoms with Crippen molar-refractivity contribution in [3.05, 3.63) is 6.92 Å². The van der Waals surface area contributed by atoms with Crippen LogP contribution in [0.15, 0.2) is 0 Å². The normalized spacial score (nSPS) is 24.3. The molecule has 5 heteroatoms. The maximum absolute atomic E-state index is 3.98. The monoisotopic (exact) mass is 343 g/mol. The van der Waals surface area contributed by atoms with Gasteiger partial charge < -0.3 is 11.2 Å². The first-order chi connectivity index (χ1) is 6.40. The Balaban J connectivity index is 0.000000791. The summed E-state index contributed by atoms with van der Waals surface area (Å²) in [6.07, 6.45) is 1.09. The van der Waals surface area contributed by atoms with E-state index in [0.29, 0.717) is 0 Å². The number of nitrogens with zero attached hydrogens (tertiary/aromatic N) is 1. The third kappa shape index (κ3) is 3.82. The molecule has 1 heterocycles. The van der Waals surface area contributed by atoms with Crippen LogP contribution in [0.4, 0.5) is 0 Å². The van der Waals surface area contributed by atoms with Gasteiger partial charge in [-0.25, -0.2) is 0 Å². The molecule has 1 aliphatic heterocycles. The van der Waals surface area contributed by atoms with Crippen LogP contribution in [0.25, 0.3) is 0 Å². The summed E-state index contributed by atoms with van der Waals surface area (Å²) in [5.74, 6) is 0. The molecule has 1 nitrogen and oxygen atoms in total. The fourth-order valence-electron chi connectivity index (χ4n) is 2.46. The fraction of sp³-hybridized carbons (Fsp3) is 0.889. The molecule has 0 bridgehead atoms. The van der Waals surface area contributed by atoms with Crippen LogP contribution in [-0.2, 0) is 16.3 Å². The first-order valence-electron chi connectivity index (χ1n) is 5.24. The van der Waals surface area contributed by atoms with Gasteiger partial charge >= 0.3 is 30.0 Å². The van der Waals surface area contributed by atoms with E-state index >= 15 is 0 Å². The molecule has 0 aromatic carbocycles. The average Bonchev–Trinajstić information content (AvgIpc) is 2.32. The van der Waals surface area contributed by atoms with Crippen molar-refractivity contribution in [1.82, 2.24) is 4.23 Å². The van der Waals surface area contributed by atoms with Crippen LogP contribution in [0.3, 0.4) is 0 Å². The second-order valence-corrected chi connectivity index (χ2v) is 14.9. The molecule has 80 valence electrons. The van der Waals surface area contributed by atoms with Crippen LogP contribution in [0, 0.1) is 6.92 Å². The summed E-state index contributed by atoms with van der Waals surface area (Å²) in [7, 11) is -1.94. The predicted molar refractivity (Wildman–Crippen MR) is 70.2 cm³/mol. The Morgan fingerprint density at radius 1 is 1.14 bits per heavy atom. The van der Waals surface area contributed by atoms with Gasteiger partial charge in [-0.1, -0.05) is 26.2 Å². The summed E-state index contributed by atoms with van der Waals surface area (Å²) in [6.45, 7) is 15.3. The van der Waals surface area contributed by atoms with E-state index in [9.17, 15) is 0 Å². The zero-order valence-electron chi connectivity index (χ0n) is 10.1. The Kier molecular flexibility index (Phi) is 6.96. The van der Waals surface area contributed by atoms with Crippen molar-refractivity contribution in [1.29, 1.82) is 0 Å². The van der Waals surface area contributed by atoms with E-state index in [1.807, 2.05) is 0 Å². The van der Waals surface area contributed by atoms with Crippen molar-refractivity contribution < 1.29 is 16.3 Å². The first kappa shape index (κ1) is 15.5. The minimum absolute atomic E-state index is 0.971. The molecule has 1 fully saturated rings. The summed E-state index contributed by atoms with van der Waals surface area (Å²) in [4.78, 5) is 0. The summed E-state index contributed by atoms with van der Waals surface area (Å²) in [6, 6.07) is 3.04. The van der Waals surface area contributed by atoms with E-state index in [4.69, 9.17) is 0 Å². The Morgan fingerprint density at radius 2 is 1.50 bits per heavy atom. The Bertz CT molecular complexity index is 160. The number of halogens is 1. The van der Waals surface area contributed by atoms with E-state index in [-0.39, 0.29) is 0 Å². The minimum atomic E-state index is -0.971. The second kappa shape index (κ2) is 6.29. The summed E-state index contributed by atoms with van der Waals surface area (Å²) in [5.41, 5.74) is 0. The standard InChI is InChI=1S/C9H22NSi2.BrH.Zn/c1-6-7-10-11(2,3)8-9-12(10,4)5;;/h1,6-9H2,2-5H3;1H;/q-1;;+2/p-1. The number of hydrogen-bond donors (Lipinski definition) is 0. The SMILES string of the molecule is [CH2-]CCN1[Si](C)(C)CC[Si]1(C)C.[Zn+][Br]. The molecule has 0 radical (unpaired) electrons. The van der Waals surface area contributed by atoms with Crippen molar-refractivity contribution in [3.63, 3.8) is 0 Å². The molecule has 1 rings (SSSR count). The third-order valence-electron chi connectivity index (χ3n) is 3.19. The van der Waals surface area contributed by atoms with Crippen molar-refractivity contribution in [2.24, 2.45) is 0 Å². The van der Waals surface area contributed by atoms with Gasteiger partial charge in [0.15, 0.2) is 0 Å². The van der Waals surface area contributed by atoms with Crippen molar-refractivity contribution in [2.45, 2.75) is 44.7 Å². The zero-order valence-corrected chi connectivity index (χ0v) is 16.6. The van der Waals surface area contributed by atoms with E-state index < -0.39 is 16.5 Å². The average molecular weight is 346 g/mol. The summed E-state index contributed by atoms with van der Waals surface area (Å²) >= 11 is 4.25. The van der Waals surface area contributed by atoms with E-state index in [1.165, 1.54) is 35.0 Å². The van der Waals surface area contributed by atoms with Crippen molar-refractivity contribution >= 4 is 30.1 Å². The van der Waals surface area contributed by atoms with Gasteiger partial charge in [0.1, 0.15) is 16.5 Å². The predicted octanol–water partition coefficient (Wildman–Crippen LogP) is 3.78. The molecule has 14 heavy (non-hydrogen) atoms. The van der Waals surface area contributed by atoms with E-state index in [0.717, 1.165) is 6.42 Å². The van der Waals surface area contributed by atoms with Crippen LogP contribution >= 0.6 is 13.6 Å². The number of rotatable bonds is 2. The van der Waals surface area contributed by atoms with Gasteiger partial charge in [0.25, 0.3) is 0 Å². The second-order valence-electron chi connectivity index (χ2n) is 5.13. The van der Waals surface area contributed by atoms with Gasteiger partial charge in [-0.05, 0) is 18.6 Å². The van der Waals surface area contributed by atoms with Crippen LogP contribution in [-0.4, -0.2) is 27.2 Å². The summed E-state index contributed by atoms with van der Waals surface area (Å²) in [5, 5.41) is 0. The van der Waals surface area contributed by atoms with Gasteiger partial charge in [-0.3, -0.25) is 0 Å². The molecule has 0 amide bonds. The van der Waals surface area contributed by atoms with Gasteiger partial charge in [0.2, 0.25) is 0 Å². The molecule has 1 aliphatic rings. The molecular weight excluding hydrogens is 324 g/mol. The summed E-state index contributed by atoms with van der Waals surface area (Å²) < 4.78 is 2.88. The Labute approximate surface area is 108 Å². The van der Waals surface area contributed by atoms with Crippen molar-refractivity contribution in [3.8, 4) is 0 Å². The van der Waals surface area contributed by atoms with Crippen LogP contribution in [0.2, 0.25) is 38.3 Å². The van der Waals surface area contributed by atoms with E-state index in [1.54, 1.807) is 0 Å². The van der Waals surface area contributed by atoms with Crippen molar-refractivity contribution in [2.75, 3.05) is 6.54 Å². The molecular formula is C9H22BrNSi2Zn.